The smallest absolute Gasteiger partial charge is 0.414 e. The highest BCUT2D eigenvalue weighted by molar-refractivity contribution is 8.00. The van der Waals surface area contributed by atoms with E-state index in [0.29, 0.717) is 0 Å². The van der Waals surface area contributed by atoms with Gasteiger partial charge in [0.25, 0.3) is 0 Å². The van der Waals surface area contributed by atoms with E-state index >= 15 is 0 Å². The second-order valence-electron chi connectivity index (χ2n) is 3.16. The number of halogens is 3. The Hall–Kier alpha value is 0.0600. The van der Waals surface area contributed by atoms with Gasteiger partial charge in [0.1, 0.15) is 0 Å². The van der Waals surface area contributed by atoms with E-state index in [9.17, 15) is 14.3 Å². The van der Waals surface area contributed by atoms with E-state index in [4.69, 9.17) is 49.5 Å². The first-order valence-corrected chi connectivity index (χ1v) is 8.60. The van der Waals surface area contributed by atoms with Gasteiger partial charge in [0.15, 0.2) is 5.75 Å². The van der Waals surface area contributed by atoms with Crippen LogP contribution in [0.15, 0.2) is 12.1 Å². The first kappa shape index (κ1) is 17.1. The molecule has 1 atom stereocenters. The van der Waals surface area contributed by atoms with Crippen molar-refractivity contribution < 1.29 is 33.5 Å². The van der Waals surface area contributed by atoms with E-state index in [1.165, 1.54) is 0 Å². The summed E-state index contributed by atoms with van der Waals surface area (Å²) in [7, 11) is -10.4. The lowest BCUT2D eigenvalue weighted by atomic mass is 10.3. The number of rotatable bonds is 4. The van der Waals surface area contributed by atoms with Crippen LogP contribution in [0.1, 0.15) is 0 Å². The van der Waals surface area contributed by atoms with Crippen LogP contribution in [-0.2, 0) is 4.57 Å². The van der Waals surface area contributed by atoms with Crippen LogP contribution in [0, 0.1) is 0 Å². The van der Waals surface area contributed by atoms with E-state index in [-0.39, 0.29) is 15.1 Å². The zero-order valence-corrected chi connectivity index (χ0v) is 12.8. The van der Waals surface area contributed by atoms with Gasteiger partial charge in [-0.15, -0.1) is 0 Å². The average molecular weight is 370 g/mol. The molecule has 0 aliphatic carbocycles. The fourth-order valence-corrected chi connectivity index (χ4v) is 3.95. The summed E-state index contributed by atoms with van der Waals surface area (Å²) in [5.74, 6) is -0.555. The highest BCUT2D eigenvalue weighted by Gasteiger charge is 2.57. The van der Waals surface area contributed by atoms with Crippen LogP contribution >= 0.6 is 50.3 Å². The summed E-state index contributed by atoms with van der Waals surface area (Å²) >= 11 is 16.9. The molecule has 12 heteroatoms. The first-order valence-electron chi connectivity index (χ1n) is 4.24. The molecule has 1 unspecified atom stereocenters. The number of benzene rings is 1. The van der Waals surface area contributed by atoms with Crippen molar-refractivity contribution in [3.63, 3.8) is 0 Å². The van der Waals surface area contributed by atoms with Crippen molar-refractivity contribution in [2.24, 2.45) is 0 Å². The average Bonchev–Trinajstić information content (AvgIpc) is 2.21. The number of hydrogen-bond acceptors (Lipinski definition) is 6. The second kappa shape index (κ2) is 5.82. The van der Waals surface area contributed by atoms with Gasteiger partial charge in [-0.3, -0.25) is 0 Å². The molecule has 0 aliphatic heterocycles. The Bertz CT molecular complexity index is 547. The van der Waals surface area contributed by atoms with E-state index in [1.54, 1.807) is 0 Å². The summed E-state index contributed by atoms with van der Waals surface area (Å²) in [5, 5.41) is -2.61. The summed E-state index contributed by atoms with van der Waals surface area (Å²) < 4.78 is 15.9. The molecule has 1 aromatic carbocycles. The van der Waals surface area contributed by atoms with Crippen molar-refractivity contribution in [2.45, 2.75) is 0 Å². The predicted molar refractivity (Wildman–Crippen MR) is 70.9 cm³/mol. The van der Waals surface area contributed by atoms with Crippen LogP contribution in [0.5, 0.6) is 5.75 Å². The van der Waals surface area contributed by atoms with Gasteiger partial charge in [-0.25, -0.2) is 9.36 Å². The van der Waals surface area contributed by atoms with Crippen LogP contribution in [-0.4, -0.2) is 24.8 Å². The molecule has 1 aromatic rings. The van der Waals surface area contributed by atoms with Crippen molar-refractivity contribution in [1.82, 2.24) is 0 Å². The molecule has 0 aliphatic rings. The number of carbonyl (C=O) groups is 1. The molecule has 1 rings (SSSR count). The molecule has 0 bridgehead atoms. The molecule has 0 heterocycles. The van der Waals surface area contributed by atoms with Crippen molar-refractivity contribution >= 4 is 55.6 Å². The summed E-state index contributed by atoms with van der Waals surface area (Å²) in [6.07, 6.45) is 0. The highest BCUT2D eigenvalue weighted by atomic mass is 35.5. The minimum absolute atomic E-state index is 0.106. The topological polar surface area (TPSA) is 124 Å². The van der Waals surface area contributed by atoms with Crippen LogP contribution < -0.4 is 4.52 Å². The molecule has 0 amide bonds. The van der Waals surface area contributed by atoms with Crippen molar-refractivity contribution in [2.75, 3.05) is 0 Å². The van der Waals surface area contributed by atoms with E-state index in [2.05, 4.69) is 4.52 Å². The first-order chi connectivity index (χ1) is 8.45. The molecule has 106 valence electrons. The van der Waals surface area contributed by atoms with Gasteiger partial charge in [0.05, 0.1) is 10.0 Å². The third-order valence-electron chi connectivity index (χ3n) is 1.68. The molecule has 4 N–H and O–H groups in total. The fourth-order valence-electron chi connectivity index (χ4n) is 0.948. The SMILES string of the molecule is O=C(P(=O)(O)Oc1c(Cl)cc(Cl)cc1Cl)[P+](O)(O)O. The molecule has 0 saturated carbocycles. The quantitative estimate of drug-likeness (QED) is 0.600. The zero-order chi connectivity index (χ0) is 15.0. The minimum atomic E-state index is -5.25. The molecule has 0 aromatic heterocycles. The number of carbonyl (C=O) groups excluding carboxylic acids is 1. The molecule has 0 radical (unpaired) electrons. The Balaban J connectivity index is 3.16. The normalized spacial score (nSPS) is 14.9. The Morgan fingerprint density at radius 2 is 1.58 bits per heavy atom. The lowest BCUT2D eigenvalue weighted by Crippen LogP contribution is -2.08. The van der Waals surface area contributed by atoms with Crippen molar-refractivity contribution in [1.29, 1.82) is 0 Å². The van der Waals surface area contributed by atoms with E-state index < -0.39 is 26.6 Å². The fraction of sp³-hybridized carbons (Fsp3) is 0. The van der Waals surface area contributed by atoms with Gasteiger partial charge in [-0.2, -0.15) is 14.7 Å². The van der Waals surface area contributed by atoms with Crippen LogP contribution in [0.3, 0.4) is 0 Å². The maximum absolute atomic E-state index is 11.5. The van der Waals surface area contributed by atoms with Gasteiger partial charge in [0.2, 0.25) is 0 Å². The summed E-state index contributed by atoms with van der Waals surface area (Å²) in [6.45, 7) is 0. The highest BCUT2D eigenvalue weighted by Crippen LogP contribution is 2.63. The standard InChI is InChI=1S/C7H5Cl3O7P2/c8-3-1-4(9)6(5(10)2-3)17-19(15,16)7(11)18(12,13)14/h1-2,12-14H/p+1. The summed E-state index contributed by atoms with van der Waals surface area (Å²) in [6, 6.07) is 2.24. The molecule has 0 spiro atoms. The van der Waals surface area contributed by atoms with Crippen LogP contribution in [0.25, 0.3) is 0 Å². The molecular weight excluding hydrogens is 364 g/mol. The van der Waals surface area contributed by atoms with Crippen molar-refractivity contribution in [3.05, 3.63) is 27.2 Å². The van der Waals surface area contributed by atoms with Gasteiger partial charge < -0.3 is 9.42 Å². The molecule has 0 fully saturated rings. The summed E-state index contributed by atoms with van der Waals surface area (Å²) in [4.78, 5) is 46.4. The Kier molecular flexibility index (Phi) is 5.24. The van der Waals surface area contributed by atoms with Gasteiger partial charge in [-0.1, -0.05) is 34.8 Å². The third kappa shape index (κ3) is 4.26. The minimum Gasteiger partial charge on any atom is -0.414 e. The van der Waals surface area contributed by atoms with E-state index in [0.717, 1.165) is 12.1 Å². The van der Waals surface area contributed by atoms with Gasteiger partial charge in [-0.05, 0) is 12.1 Å². The Morgan fingerprint density at radius 1 is 1.16 bits per heavy atom. The van der Waals surface area contributed by atoms with Crippen LogP contribution in [0.2, 0.25) is 15.1 Å². The Labute approximate surface area is 122 Å². The third-order valence-corrected chi connectivity index (χ3v) is 5.45. The number of hydrogen-bond donors (Lipinski definition) is 4. The predicted octanol–water partition coefficient (Wildman–Crippen LogP) is 3.07. The van der Waals surface area contributed by atoms with Gasteiger partial charge >= 0.3 is 20.8 Å². The molecule has 0 saturated heterocycles. The monoisotopic (exact) mass is 369 g/mol. The zero-order valence-electron chi connectivity index (χ0n) is 8.70. The Morgan fingerprint density at radius 3 is 1.95 bits per heavy atom. The maximum atomic E-state index is 11.5. The largest absolute Gasteiger partial charge is 0.493 e. The molecule has 19 heavy (non-hydrogen) atoms. The lowest BCUT2D eigenvalue weighted by molar-refractivity contribution is 0.250. The second-order valence-corrected chi connectivity index (χ2v) is 7.94. The van der Waals surface area contributed by atoms with Crippen LogP contribution in [0.4, 0.5) is 4.79 Å². The molecule has 7 nitrogen and oxygen atoms in total. The van der Waals surface area contributed by atoms with Gasteiger partial charge in [0, 0.05) is 5.02 Å². The van der Waals surface area contributed by atoms with E-state index in [1.807, 2.05) is 0 Å². The maximum Gasteiger partial charge on any atom is 0.493 e. The molecular formula is C7H6Cl3O7P2+. The summed E-state index contributed by atoms with van der Waals surface area (Å²) in [5.41, 5.74) is 0. The van der Waals surface area contributed by atoms with Crippen molar-refractivity contribution in [3.8, 4) is 5.75 Å². The lowest BCUT2D eigenvalue weighted by Gasteiger charge is -2.13.